The zero-order valence-corrected chi connectivity index (χ0v) is 21.1. The van der Waals surface area contributed by atoms with Crippen LogP contribution in [-0.4, -0.2) is 51.7 Å². The van der Waals surface area contributed by atoms with Crippen LogP contribution in [0.2, 0.25) is 0 Å². The summed E-state index contributed by atoms with van der Waals surface area (Å²) >= 11 is 0. The van der Waals surface area contributed by atoms with Crippen molar-refractivity contribution >= 4 is 39.4 Å². The number of hydrogen-bond donors (Lipinski definition) is 2. The molecule has 190 valence electrons. The van der Waals surface area contributed by atoms with Crippen molar-refractivity contribution in [1.29, 1.82) is 0 Å². The van der Waals surface area contributed by atoms with E-state index >= 15 is 0 Å². The van der Waals surface area contributed by atoms with Crippen molar-refractivity contribution < 1.29 is 14.4 Å². The predicted octanol–water partition coefficient (Wildman–Crippen LogP) is 3.26. The Hall–Kier alpha value is -4.20. The number of carbonyl (C=O) groups is 3. The summed E-state index contributed by atoms with van der Waals surface area (Å²) < 4.78 is 1.75. The van der Waals surface area contributed by atoms with Crippen LogP contribution in [0.3, 0.4) is 0 Å². The van der Waals surface area contributed by atoms with Crippen molar-refractivity contribution in [3.63, 3.8) is 0 Å². The first-order valence-corrected chi connectivity index (χ1v) is 12.6. The van der Waals surface area contributed by atoms with Crippen LogP contribution in [0, 0.1) is 13.8 Å². The maximum absolute atomic E-state index is 13.1. The van der Waals surface area contributed by atoms with Gasteiger partial charge < -0.3 is 19.8 Å². The number of aryl methyl sites for hydroxylation is 2. The summed E-state index contributed by atoms with van der Waals surface area (Å²) in [7, 11) is 0. The van der Waals surface area contributed by atoms with Gasteiger partial charge in [0.25, 0.3) is 17.2 Å². The number of fused-ring (bicyclic) bond motifs is 2. The molecule has 37 heavy (non-hydrogen) atoms. The number of carbonyl (C=O) groups excluding carboxylic acids is 3. The van der Waals surface area contributed by atoms with Crippen LogP contribution in [0.5, 0.6) is 0 Å². The van der Waals surface area contributed by atoms with Gasteiger partial charge in [0.2, 0.25) is 5.91 Å². The first-order valence-electron chi connectivity index (χ1n) is 12.6. The Morgan fingerprint density at radius 3 is 2.49 bits per heavy atom. The van der Waals surface area contributed by atoms with Gasteiger partial charge in [-0.2, -0.15) is 0 Å². The van der Waals surface area contributed by atoms with Gasteiger partial charge in [-0.3, -0.25) is 19.2 Å². The lowest BCUT2D eigenvalue weighted by molar-refractivity contribution is -0.130. The summed E-state index contributed by atoms with van der Waals surface area (Å²) in [5.41, 5.74) is 4.20. The van der Waals surface area contributed by atoms with Gasteiger partial charge in [0, 0.05) is 47.7 Å². The molecule has 8 heteroatoms. The lowest BCUT2D eigenvalue weighted by Crippen LogP contribution is -2.33. The second-order valence-corrected chi connectivity index (χ2v) is 9.72. The maximum Gasteiger partial charge on any atom is 0.292 e. The molecule has 1 aliphatic rings. The highest BCUT2D eigenvalue weighted by Crippen LogP contribution is 2.23. The fourth-order valence-corrected chi connectivity index (χ4v) is 5.09. The molecule has 1 fully saturated rings. The van der Waals surface area contributed by atoms with Crippen molar-refractivity contribution in [1.82, 2.24) is 19.8 Å². The van der Waals surface area contributed by atoms with E-state index in [-0.39, 0.29) is 30.1 Å². The van der Waals surface area contributed by atoms with E-state index in [2.05, 4.69) is 10.3 Å². The van der Waals surface area contributed by atoms with E-state index in [9.17, 15) is 19.2 Å². The van der Waals surface area contributed by atoms with E-state index in [1.807, 2.05) is 49.1 Å². The summed E-state index contributed by atoms with van der Waals surface area (Å²) in [5, 5.41) is 4.26. The number of amides is 2. The molecule has 0 radical (unpaired) electrons. The molecule has 2 amide bonds. The fraction of sp³-hybridized carbons (Fsp3) is 0.310. The minimum Gasteiger partial charge on any atom is -0.349 e. The summed E-state index contributed by atoms with van der Waals surface area (Å²) in [6.07, 6.45) is 3.91. The van der Waals surface area contributed by atoms with Crippen molar-refractivity contribution in [2.75, 3.05) is 19.6 Å². The first-order chi connectivity index (χ1) is 17.8. The molecule has 5 rings (SSSR count). The van der Waals surface area contributed by atoms with Crippen LogP contribution in [-0.2, 0) is 22.6 Å². The van der Waals surface area contributed by atoms with Crippen molar-refractivity contribution in [3.8, 4) is 0 Å². The SMILES string of the molecule is Cc1ccc(C)c2[nH]c(=O)c(CCNC(=O)C(=O)c3cn(CC(=O)N4CCCC4)c4ccccc34)cc12. The molecule has 0 saturated carbocycles. The van der Waals surface area contributed by atoms with Gasteiger partial charge >= 0.3 is 0 Å². The van der Waals surface area contributed by atoms with Crippen LogP contribution < -0.4 is 10.9 Å². The van der Waals surface area contributed by atoms with Crippen LogP contribution in [0.25, 0.3) is 21.8 Å². The smallest absolute Gasteiger partial charge is 0.292 e. The largest absolute Gasteiger partial charge is 0.349 e. The Bertz CT molecular complexity index is 1590. The molecule has 2 aromatic heterocycles. The summed E-state index contributed by atoms with van der Waals surface area (Å²) in [6, 6.07) is 13.1. The Morgan fingerprint density at radius 2 is 1.70 bits per heavy atom. The monoisotopic (exact) mass is 498 g/mol. The number of hydrogen-bond acceptors (Lipinski definition) is 4. The Balaban J connectivity index is 1.30. The zero-order chi connectivity index (χ0) is 26.1. The van der Waals surface area contributed by atoms with E-state index in [0.29, 0.717) is 17.4 Å². The van der Waals surface area contributed by atoms with E-state index in [4.69, 9.17) is 0 Å². The second-order valence-electron chi connectivity index (χ2n) is 9.72. The normalized spacial score (nSPS) is 13.4. The molecule has 0 bridgehead atoms. The van der Waals surface area contributed by atoms with Gasteiger partial charge in [-0.15, -0.1) is 0 Å². The third kappa shape index (κ3) is 4.79. The standard InChI is InChI=1S/C29H30N4O4/c1-18-9-10-19(2)26-22(18)15-20(28(36)31-26)11-12-30-29(37)27(35)23-16-33(24-8-4-3-7-21(23)24)17-25(34)32-13-5-6-14-32/h3-4,7-10,15-16H,5-6,11-14,17H2,1-2H3,(H,30,37)(H,31,36). The topological polar surface area (TPSA) is 104 Å². The van der Waals surface area contributed by atoms with Crippen molar-refractivity contribution in [2.45, 2.75) is 39.7 Å². The number of ketones is 1. The molecular formula is C29H30N4O4. The Kier molecular flexibility index (Phi) is 6.65. The van der Waals surface area contributed by atoms with Crippen LogP contribution >= 0.6 is 0 Å². The molecule has 2 aromatic carbocycles. The highest BCUT2D eigenvalue weighted by molar-refractivity contribution is 6.45. The average Bonchev–Trinajstić information content (AvgIpc) is 3.56. The summed E-state index contributed by atoms with van der Waals surface area (Å²) in [5.74, 6) is -1.40. The number of nitrogens with zero attached hydrogens (tertiary/aromatic N) is 2. The summed E-state index contributed by atoms with van der Waals surface area (Å²) in [6.45, 7) is 5.72. The van der Waals surface area contributed by atoms with Gasteiger partial charge in [-0.05, 0) is 56.4 Å². The van der Waals surface area contributed by atoms with E-state index in [1.165, 1.54) is 0 Å². The predicted molar refractivity (Wildman–Crippen MR) is 143 cm³/mol. The molecular weight excluding hydrogens is 468 g/mol. The molecule has 4 aromatic rings. The quantitative estimate of drug-likeness (QED) is 0.301. The fourth-order valence-electron chi connectivity index (χ4n) is 5.09. The first kappa shape index (κ1) is 24.5. The highest BCUT2D eigenvalue weighted by Gasteiger charge is 2.24. The van der Waals surface area contributed by atoms with E-state index < -0.39 is 11.7 Å². The number of aromatic amines is 1. The van der Waals surface area contributed by atoms with Gasteiger partial charge in [-0.25, -0.2) is 0 Å². The van der Waals surface area contributed by atoms with Crippen LogP contribution in [0.4, 0.5) is 0 Å². The molecule has 3 heterocycles. The summed E-state index contributed by atoms with van der Waals surface area (Å²) in [4.78, 5) is 56.0. The van der Waals surface area contributed by atoms with Crippen LogP contribution in [0.1, 0.15) is 39.9 Å². The molecule has 0 atom stereocenters. The number of rotatable bonds is 7. The molecule has 0 aliphatic carbocycles. The third-order valence-corrected chi connectivity index (χ3v) is 7.20. The number of para-hydroxylation sites is 1. The van der Waals surface area contributed by atoms with E-state index in [0.717, 1.165) is 53.5 Å². The number of nitrogens with one attached hydrogen (secondary N) is 2. The number of benzene rings is 2. The lowest BCUT2D eigenvalue weighted by atomic mass is 10.0. The Morgan fingerprint density at radius 1 is 0.973 bits per heavy atom. The van der Waals surface area contributed by atoms with Crippen LogP contribution in [0.15, 0.2) is 53.5 Å². The van der Waals surface area contributed by atoms with Gasteiger partial charge in [-0.1, -0.05) is 30.3 Å². The molecule has 1 saturated heterocycles. The number of pyridine rings is 1. The Labute approximate surface area is 214 Å². The van der Waals surface area contributed by atoms with Crippen molar-refractivity contribution in [3.05, 3.63) is 81.3 Å². The van der Waals surface area contributed by atoms with Gasteiger partial charge in [0.15, 0.2) is 0 Å². The number of H-pyrrole nitrogens is 1. The third-order valence-electron chi connectivity index (χ3n) is 7.20. The average molecular weight is 499 g/mol. The van der Waals surface area contributed by atoms with Crippen molar-refractivity contribution in [2.24, 2.45) is 0 Å². The molecule has 1 aliphatic heterocycles. The second kappa shape index (κ2) is 10.0. The van der Waals surface area contributed by atoms with Gasteiger partial charge in [0.1, 0.15) is 6.54 Å². The number of aromatic nitrogens is 2. The molecule has 0 spiro atoms. The number of Topliss-reactive ketones (excluding diaryl/α,β-unsaturated/α-hetero) is 1. The number of likely N-dealkylation sites (tertiary alicyclic amines) is 1. The molecule has 0 unspecified atom stereocenters. The minimum atomic E-state index is -0.738. The zero-order valence-electron chi connectivity index (χ0n) is 21.1. The van der Waals surface area contributed by atoms with Gasteiger partial charge in [0.05, 0.1) is 11.1 Å². The van der Waals surface area contributed by atoms with E-state index in [1.54, 1.807) is 22.9 Å². The molecule has 2 N–H and O–H groups in total. The highest BCUT2D eigenvalue weighted by atomic mass is 16.2. The maximum atomic E-state index is 13.1. The minimum absolute atomic E-state index is 0.00717. The lowest BCUT2D eigenvalue weighted by Gasteiger charge is -2.15. The molecule has 8 nitrogen and oxygen atoms in total.